The van der Waals surface area contributed by atoms with Gasteiger partial charge in [-0.1, -0.05) is 39.8 Å². The summed E-state index contributed by atoms with van der Waals surface area (Å²) >= 11 is 1.53. The van der Waals surface area contributed by atoms with Crippen LogP contribution in [0.3, 0.4) is 0 Å². The van der Waals surface area contributed by atoms with Crippen LogP contribution in [-0.4, -0.2) is 39.4 Å². The van der Waals surface area contributed by atoms with Crippen molar-refractivity contribution in [2.24, 2.45) is 11.3 Å². The highest BCUT2D eigenvalue weighted by molar-refractivity contribution is 7.13. The molecule has 0 radical (unpaired) electrons. The summed E-state index contributed by atoms with van der Waals surface area (Å²) in [5, 5.41) is 13.3. The summed E-state index contributed by atoms with van der Waals surface area (Å²) in [6, 6.07) is 5.02. The molecule has 1 aromatic heterocycles. The van der Waals surface area contributed by atoms with Gasteiger partial charge < -0.3 is 15.3 Å². The molecule has 1 saturated heterocycles. The fourth-order valence-corrected chi connectivity index (χ4v) is 4.46. The summed E-state index contributed by atoms with van der Waals surface area (Å²) in [6.45, 7) is 10.8. The largest absolute Gasteiger partial charge is 0.508 e. The third-order valence-corrected chi connectivity index (χ3v) is 7.03. The van der Waals surface area contributed by atoms with Crippen molar-refractivity contribution >= 4 is 23.2 Å². The fraction of sp³-hybridized carbons (Fsp3) is 0.522. The number of carbonyl (C=O) groups is 2. The average molecular weight is 430 g/mol. The normalized spacial score (nSPS) is 17.8. The van der Waals surface area contributed by atoms with Crippen molar-refractivity contribution in [1.29, 1.82) is 0 Å². The van der Waals surface area contributed by atoms with Gasteiger partial charge in [-0.3, -0.25) is 9.59 Å². The van der Waals surface area contributed by atoms with Gasteiger partial charge in [0, 0.05) is 24.6 Å². The molecule has 3 rings (SSSR count). The molecule has 6 nitrogen and oxygen atoms in total. The highest BCUT2D eigenvalue weighted by Crippen LogP contribution is 2.32. The van der Waals surface area contributed by atoms with Crippen LogP contribution in [0.2, 0.25) is 0 Å². The van der Waals surface area contributed by atoms with Crippen molar-refractivity contribution in [3.8, 4) is 16.2 Å². The number of aryl methyl sites for hydroxylation is 1. The lowest BCUT2D eigenvalue weighted by Gasteiger charge is -2.32. The Hall–Kier alpha value is -2.41. The second kappa shape index (κ2) is 8.76. The van der Waals surface area contributed by atoms with Gasteiger partial charge in [-0.15, -0.1) is 11.3 Å². The SMILES string of the molecule is Cc1ncsc1-c1ccc(CNC(=O)C2CCCN2C(=O)C(C)C(C)(C)C)c(O)c1. The number of phenolic OH excluding ortho intramolecular Hbond substituents is 1. The van der Waals surface area contributed by atoms with Crippen LogP contribution >= 0.6 is 11.3 Å². The zero-order valence-corrected chi connectivity index (χ0v) is 19.2. The second-order valence-electron chi connectivity index (χ2n) is 9.11. The summed E-state index contributed by atoms with van der Waals surface area (Å²) < 4.78 is 0. The number of thiazole rings is 1. The summed E-state index contributed by atoms with van der Waals surface area (Å²) in [6.07, 6.45) is 1.50. The van der Waals surface area contributed by atoms with Crippen molar-refractivity contribution in [2.75, 3.05) is 6.54 Å². The molecule has 2 aromatic rings. The minimum absolute atomic E-state index is 0.0345. The Labute approximate surface area is 182 Å². The number of amides is 2. The van der Waals surface area contributed by atoms with E-state index in [1.807, 2.05) is 46.8 Å². The monoisotopic (exact) mass is 429 g/mol. The van der Waals surface area contributed by atoms with E-state index in [0.717, 1.165) is 22.6 Å². The van der Waals surface area contributed by atoms with E-state index in [2.05, 4.69) is 10.3 Å². The van der Waals surface area contributed by atoms with E-state index in [1.165, 1.54) is 11.3 Å². The Bertz CT molecular complexity index is 932. The Morgan fingerprint density at radius 3 is 2.70 bits per heavy atom. The quantitative estimate of drug-likeness (QED) is 0.749. The second-order valence-corrected chi connectivity index (χ2v) is 9.96. The molecule has 2 atom stereocenters. The molecular weight excluding hydrogens is 398 g/mol. The lowest BCUT2D eigenvalue weighted by atomic mass is 9.81. The number of carbonyl (C=O) groups excluding carboxylic acids is 2. The first-order valence-electron chi connectivity index (χ1n) is 10.4. The number of aromatic nitrogens is 1. The van der Waals surface area contributed by atoms with Gasteiger partial charge in [0.2, 0.25) is 11.8 Å². The molecule has 1 fully saturated rings. The van der Waals surface area contributed by atoms with Crippen LogP contribution in [-0.2, 0) is 16.1 Å². The Kier molecular flexibility index (Phi) is 6.50. The van der Waals surface area contributed by atoms with Crippen LogP contribution in [0.5, 0.6) is 5.75 Å². The third kappa shape index (κ3) is 4.67. The van der Waals surface area contributed by atoms with Gasteiger partial charge in [0.1, 0.15) is 11.8 Å². The Morgan fingerprint density at radius 1 is 1.37 bits per heavy atom. The molecule has 1 aromatic carbocycles. The van der Waals surface area contributed by atoms with E-state index in [4.69, 9.17) is 0 Å². The summed E-state index contributed by atoms with van der Waals surface area (Å²) in [7, 11) is 0. The molecular formula is C23H31N3O3S. The molecule has 1 aliphatic heterocycles. The number of hydrogen-bond acceptors (Lipinski definition) is 5. The van der Waals surface area contributed by atoms with Crippen LogP contribution in [0.25, 0.3) is 10.4 Å². The maximum absolute atomic E-state index is 12.9. The number of nitrogens with zero attached hydrogens (tertiary/aromatic N) is 2. The Morgan fingerprint density at radius 2 is 2.10 bits per heavy atom. The molecule has 0 aliphatic carbocycles. The molecule has 0 bridgehead atoms. The zero-order chi connectivity index (χ0) is 22.1. The van der Waals surface area contributed by atoms with E-state index in [0.29, 0.717) is 18.5 Å². The highest BCUT2D eigenvalue weighted by atomic mass is 32.1. The molecule has 1 aliphatic rings. The number of likely N-dealkylation sites (tertiary alicyclic amines) is 1. The van der Waals surface area contributed by atoms with E-state index >= 15 is 0 Å². The predicted molar refractivity (Wildman–Crippen MR) is 119 cm³/mol. The molecule has 2 amide bonds. The van der Waals surface area contributed by atoms with Crippen LogP contribution in [0.4, 0.5) is 0 Å². The van der Waals surface area contributed by atoms with Crippen LogP contribution < -0.4 is 5.32 Å². The third-order valence-electron chi connectivity index (χ3n) is 6.05. The van der Waals surface area contributed by atoms with E-state index in [9.17, 15) is 14.7 Å². The number of hydrogen-bond donors (Lipinski definition) is 2. The van der Waals surface area contributed by atoms with Crippen molar-refractivity contribution in [3.63, 3.8) is 0 Å². The average Bonchev–Trinajstić information content (AvgIpc) is 3.34. The summed E-state index contributed by atoms with van der Waals surface area (Å²) in [5.74, 6) is -0.144. The molecule has 162 valence electrons. The standard InChI is InChI=1S/C23H31N3O3S/c1-14(23(3,4)5)22(29)26-10-6-7-18(26)21(28)24-12-17-9-8-16(11-19(17)27)20-15(2)25-13-30-20/h8-9,11,13-14,18,27H,6-7,10,12H2,1-5H3,(H,24,28). The van der Waals surface area contributed by atoms with Gasteiger partial charge in [-0.05, 0) is 36.8 Å². The molecule has 30 heavy (non-hydrogen) atoms. The lowest BCUT2D eigenvalue weighted by Crippen LogP contribution is -2.49. The number of aromatic hydroxyl groups is 1. The molecule has 7 heteroatoms. The lowest BCUT2D eigenvalue weighted by molar-refractivity contribution is -0.143. The first-order chi connectivity index (χ1) is 14.1. The van der Waals surface area contributed by atoms with Crippen molar-refractivity contribution < 1.29 is 14.7 Å². The Balaban J connectivity index is 1.65. The van der Waals surface area contributed by atoms with Gasteiger partial charge in [0.15, 0.2) is 0 Å². The minimum atomic E-state index is -0.441. The van der Waals surface area contributed by atoms with Crippen molar-refractivity contribution in [2.45, 2.75) is 60.0 Å². The predicted octanol–water partition coefficient (Wildman–Crippen LogP) is 4.11. The molecule has 2 unspecified atom stereocenters. The molecule has 0 saturated carbocycles. The van der Waals surface area contributed by atoms with Gasteiger partial charge >= 0.3 is 0 Å². The number of benzene rings is 1. The van der Waals surface area contributed by atoms with E-state index in [1.54, 1.807) is 16.5 Å². The van der Waals surface area contributed by atoms with E-state index in [-0.39, 0.29) is 35.4 Å². The first kappa shape index (κ1) is 22.3. The van der Waals surface area contributed by atoms with Crippen molar-refractivity contribution in [1.82, 2.24) is 15.2 Å². The first-order valence-corrected chi connectivity index (χ1v) is 11.3. The van der Waals surface area contributed by atoms with Gasteiger partial charge in [0.25, 0.3) is 0 Å². The molecule has 2 heterocycles. The molecule has 0 spiro atoms. The number of phenols is 1. The van der Waals surface area contributed by atoms with Crippen LogP contribution in [0.1, 0.15) is 51.8 Å². The summed E-state index contributed by atoms with van der Waals surface area (Å²) in [4.78, 5) is 32.7. The van der Waals surface area contributed by atoms with Gasteiger partial charge in [-0.2, -0.15) is 0 Å². The number of rotatable bonds is 5. The zero-order valence-electron chi connectivity index (χ0n) is 18.4. The minimum Gasteiger partial charge on any atom is -0.508 e. The highest BCUT2D eigenvalue weighted by Gasteiger charge is 2.38. The maximum Gasteiger partial charge on any atom is 0.243 e. The van der Waals surface area contributed by atoms with Crippen LogP contribution in [0, 0.1) is 18.3 Å². The molecule has 2 N–H and O–H groups in total. The maximum atomic E-state index is 12.9. The fourth-order valence-electron chi connectivity index (χ4n) is 3.66. The summed E-state index contributed by atoms with van der Waals surface area (Å²) in [5.41, 5.74) is 4.12. The number of nitrogens with one attached hydrogen (secondary N) is 1. The smallest absolute Gasteiger partial charge is 0.243 e. The van der Waals surface area contributed by atoms with Crippen LogP contribution in [0.15, 0.2) is 23.7 Å². The van der Waals surface area contributed by atoms with Gasteiger partial charge in [0.05, 0.1) is 16.1 Å². The topological polar surface area (TPSA) is 82.5 Å². The van der Waals surface area contributed by atoms with Gasteiger partial charge in [-0.25, -0.2) is 4.98 Å². The van der Waals surface area contributed by atoms with Crippen molar-refractivity contribution in [3.05, 3.63) is 35.0 Å². The van der Waals surface area contributed by atoms with E-state index < -0.39 is 6.04 Å².